The molecule has 2 aromatic carbocycles. The molecule has 0 unspecified atom stereocenters. The highest BCUT2D eigenvalue weighted by Crippen LogP contribution is 2.38. The van der Waals surface area contributed by atoms with E-state index in [1.807, 2.05) is 18.0 Å². The molecular formula is C26H27FN2O2. The van der Waals surface area contributed by atoms with Crippen LogP contribution in [0.4, 0.5) is 15.8 Å². The van der Waals surface area contributed by atoms with Crippen LogP contribution in [-0.4, -0.2) is 25.1 Å². The molecule has 1 atom stereocenters. The van der Waals surface area contributed by atoms with Gasteiger partial charge in [0.15, 0.2) is 0 Å². The van der Waals surface area contributed by atoms with Crippen molar-refractivity contribution in [3.63, 3.8) is 0 Å². The van der Waals surface area contributed by atoms with Crippen molar-refractivity contribution in [1.82, 2.24) is 4.98 Å². The lowest BCUT2D eigenvalue weighted by Crippen LogP contribution is -2.15. The fourth-order valence-electron chi connectivity index (χ4n) is 4.54. The first-order chi connectivity index (χ1) is 15.1. The minimum Gasteiger partial charge on any atom is -0.465 e. The molecule has 0 spiro atoms. The van der Waals surface area contributed by atoms with E-state index in [4.69, 9.17) is 4.74 Å². The van der Waals surface area contributed by atoms with Crippen molar-refractivity contribution in [3.05, 3.63) is 89.0 Å². The van der Waals surface area contributed by atoms with E-state index < -0.39 is 0 Å². The van der Waals surface area contributed by atoms with Crippen molar-refractivity contribution in [2.24, 2.45) is 0 Å². The Bertz CT molecular complexity index is 1080. The maximum Gasteiger partial charge on any atom is 0.338 e. The van der Waals surface area contributed by atoms with Gasteiger partial charge in [0.05, 0.1) is 18.4 Å². The highest BCUT2D eigenvalue weighted by molar-refractivity contribution is 5.90. The van der Waals surface area contributed by atoms with Gasteiger partial charge in [0.1, 0.15) is 5.82 Å². The van der Waals surface area contributed by atoms with Gasteiger partial charge in [0, 0.05) is 25.1 Å². The standard InChI is InChI=1S/C26H27FN2O2/c1-29(25-9-4-3-8-24(25)27)21-12-13-22-18(6-5-7-19(22)16-21)10-11-20-17-28-15-14-23(20)26(30)31-2/h3-4,8-9,12-18H,5-7,10-11H2,1-2H3/t18-/m0/s1. The van der Waals surface area contributed by atoms with Gasteiger partial charge < -0.3 is 9.64 Å². The Morgan fingerprint density at radius 2 is 2.06 bits per heavy atom. The Hall–Kier alpha value is -3.21. The third kappa shape index (κ3) is 4.46. The number of ether oxygens (including phenoxy) is 1. The zero-order valence-corrected chi connectivity index (χ0v) is 18.0. The number of carbonyl (C=O) groups excluding carboxylic acids is 1. The monoisotopic (exact) mass is 418 g/mol. The first-order valence-corrected chi connectivity index (χ1v) is 10.7. The van der Waals surface area contributed by atoms with Crippen LogP contribution in [0.5, 0.6) is 0 Å². The average molecular weight is 419 g/mol. The second-order valence-corrected chi connectivity index (χ2v) is 8.05. The van der Waals surface area contributed by atoms with Gasteiger partial charge in [-0.1, -0.05) is 18.2 Å². The van der Waals surface area contributed by atoms with Crippen molar-refractivity contribution in [3.8, 4) is 0 Å². The van der Waals surface area contributed by atoms with Gasteiger partial charge in [-0.2, -0.15) is 0 Å². The molecule has 5 heteroatoms. The number of benzene rings is 2. The Kier molecular flexibility index (Phi) is 6.31. The number of methoxy groups -OCH3 is 1. The summed E-state index contributed by atoms with van der Waals surface area (Å²) in [5.41, 5.74) is 5.77. The lowest BCUT2D eigenvalue weighted by Gasteiger charge is -2.28. The first kappa shape index (κ1) is 21.0. The van der Waals surface area contributed by atoms with Crippen LogP contribution in [0, 0.1) is 5.82 Å². The van der Waals surface area contributed by atoms with Crippen molar-refractivity contribution in [2.45, 2.75) is 38.0 Å². The third-order valence-corrected chi connectivity index (χ3v) is 6.24. The Morgan fingerprint density at radius 3 is 2.87 bits per heavy atom. The fourth-order valence-corrected chi connectivity index (χ4v) is 4.54. The second kappa shape index (κ2) is 9.29. The van der Waals surface area contributed by atoms with Crippen molar-refractivity contribution >= 4 is 17.3 Å². The molecule has 0 N–H and O–H groups in total. The SMILES string of the molecule is COC(=O)c1ccncc1CC[C@@H]1CCCc2cc(N(C)c3ccccc3F)ccc21. The van der Waals surface area contributed by atoms with Gasteiger partial charge in [0.2, 0.25) is 0 Å². The number of nitrogens with zero attached hydrogens (tertiary/aromatic N) is 2. The number of pyridine rings is 1. The van der Waals surface area contributed by atoms with Crippen LogP contribution < -0.4 is 4.90 Å². The molecule has 1 aliphatic carbocycles. The number of aryl methyl sites for hydroxylation is 2. The van der Waals surface area contributed by atoms with Gasteiger partial charge in [-0.15, -0.1) is 0 Å². The topological polar surface area (TPSA) is 42.4 Å². The van der Waals surface area contributed by atoms with Crippen LogP contribution in [0.2, 0.25) is 0 Å². The molecule has 3 aromatic rings. The van der Waals surface area contributed by atoms with Crippen molar-refractivity contribution in [2.75, 3.05) is 19.1 Å². The number of hydrogen-bond acceptors (Lipinski definition) is 4. The zero-order valence-electron chi connectivity index (χ0n) is 18.0. The minimum absolute atomic E-state index is 0.224. The summed E-state index contributed by atoms with van der Waals surface area (Å²) in [7, 11) is 3.30. The zero-order chi connectivity index (χ0) is 21.8. The number of hydrogen-bond donors (Lipinski definition) is 0. The van der Waals surface area contributed by atoms with Crippen LogP contribution in [0.3, 0.4) is 0 Å². The molecule has 31 heavy (non-hydrogen) atoms. The molecule has 0 aliphatic heterocycles. The van der Waals surface area contributed by atoms with E-state index in [1.54, 1.807) is 30.6 Å². The molecule has 1 aromatic heterocycles. The van der Waals surface area contributed by atoms with Crippen LogP contribution in [0.25, 0.3) is 0 Å². The lowest BCUT2D eigenvalue weighted by molar-refractivity contribution is 0.0599. The van der Waals surface area contributed by atoms with Crippen LogP contribution >= 0.6 is 0 Å². The van der Waals surface area contributed by atoms with Crippen molar-refractivity contribution < 1.29 is 13.9 Å². The minimum atomic E-state index is -0.317. The number of halogens is 1. The molecule has 0 fully saturated rings. The molecule has 160 valence electrons. The van der Waals surface area contributed by atoms with Crippen LogP contribution in [0.15, 0.2) is 60.9 Å². The van der Waals surface area contributed by atoms with E-state index in [1.165, 1.54) is 24.3 Å². The van der Waals surface area contributed by atoms with Gasteiger partial charge in [-0.3, -0.25) is 4.98 Å². The quantitative estimate of drug-likeness (QED) is 0.473. The number of aromatic nitrogens is 1. The molecule has 0 saturated carbocycles. The summed E-state index contributed by atoms with van der Waals surface area (Å²) in [5.74, 6) is -0.108. The van der Waals surface area contributed by atoms with Crippen LogP contribution in [-0.2, 0) is 17.6 Å². The molecule has 0 radical (unpaired) electrons. The molecular weight excluding hydrogens is 391 g/mol. The predicted octanol–water partition coefficient (Wildman–Crippen LogP) is 5.83. The van der Waals surface area contributed by atoms with E-state index in [-0.39, 0.29) is 11.8 Å². The number of anilines is 2. The van der Waals surface area contributed by atoms with E-state index in [0.29, 0.717) is 17.2 Å². The van der Waals surface area contributed by atoms with Gasteiger partial charge >= 0.3 is 5.97 Å². The summed E-state index contributed by atoms with van der Waals surface area (Å²) in [6, 6.07) is 15.0. The van der Waals surface area contributed by atoms with Gasteiger partial charge in [-0.25, -0.2) is 9.18 Å². The fraction of sp³-hybridized carbons (Fsp3) is 0.308. The van der Waals surface area contributed by atoms with E-state index in [0.717, 1.165) is 43.4 Å². The van der Waals surface area contributed by atoms with Crippen LogP contribution in [0.1, 0.15) is 52.2 Å². The van der Waals surface area contributed by atoms with E-state index >= 15 is 0 Å². The molecule has 1 aliphatic rings. The second-order valence-electron chi connectivity index (χ2n) is 8.05. The number of para-hydroxylation sites is 1. The maximum absolute atomic E-state index is 14.2. The smallest absolute Gasteiger partial charge is 0.338 e. The molecule has 1 heterocycles. The predicted molar refractivity (Wildman–Crippen MR) is 120 cm³/mol. The first-order valence-electron chi connectivity index (χ1n) is 10.7. The van der Waals surface area contributed by atoms with Gasteiger partial charge in [-0.05, 0) is 85.0 Å². The Balaban J connectivity index is 1.53. The molecule has 0 amide bonds. The van der Waals surface area contributed by atoms with Crippen molar-refractivity contribution in [1.29, 1.82) is 0 Å². The van der Waals surface area contributed by atoms with E-state index in [2.05, 4.69) is 23.2 Å². The molecule has 0 bridgehead atoms. The summed E-state index contributed by atoms with van der Waals surface area (Å²) < 4.78 is 19.1. The average Bonchev–Trinajstić information content (AvgIpc) is 2.82. The summed E-state index contributed by atoms with van der Waals surface area (Å²) in [5, 5.41) is 0. The lowest BCUT2D eigenvalue weighted by atomic mass is 9.79. The maximum atomic E-state index is 14.2. The largest absolute Gasteiger partial charge is 0.465 e. The summed E-state index contributed by atoms with van der Waals surface area (Å²) >= 11 is 0. The number of carbonyl (C=O) groups is 1. The normalized spacial score (nSPS) is 15.3. The number of esters is 1. The Morgan fingerprint density at radius 1 is 1.23 bits per heavy atom. The number of rotatable bonds is 6. The molecule has 4 rings (SSSR count). The highest BCUT2D eigenvalue weighted by atomic mass is 19.1. The molecule has 4 nitrogen and oxygen atoms in total. The summed E-state index contributed by atoms with van der Waals surface area (Å²) in [6.45, 7) is 0. The van der Waals surface area contributed by atoms with Gasteiger partial charge in [0.25, 0.3) is 0 Å². The Labute approximate surface area is 182 Å². The third-order valence-electron chi connectivity index (χ3n) is 6.24. The number of fused-ring (bicyclic) bond motifs is 1. The summed E-state index contributed by atoms with van der Waals surface area (Å²) in [4.78, 5) is 18.1. The molecule has 0 saturated heterocycles. The summed E-state index contributed by atoms with van der Waals surface area (Å²) in [6.07, 6.45) is 8.40. The van der Waals surface area contributed by atoms with E-state index in [9.17, 15) is 9.18 Å². The highest BCUT2D eigenvalue weighted by Gasteiger charge is 2.22.